The third kappa shape index (κ3) is 5.98. The number of halogens is 2. The van der Waals surface area contributed by atoms with Gasteiger partial charge in [0.15, 0.2) is 10.1 Å². The molecule has 0 unspecified atom stereocenters. The van der Waals surface area contributed by atoms with Crippen molar-refractivity contribution in [2.24, 2.45) is 0 Å². The van der Waals surface area contributed by atoms with Crippen molar-refractivity contribution < 1.29 is 14.0 Å². The first-order valence-electron chi connectivity index (χ1n) is 7.91. The predicted molar refractivity (Wildman–Crippen MR) is 110 cm³/mol. The number of nitrogens with zero attached hydrogens (tertiary/aromatic N) is 1. The molecule has 4 nitrogen and oxygen atoms in total. The lowest BCUT2D eigenvalue weighted by atomic mass is 10.1. The number of benzene rings is 2. The molecule has 0 bridgehead atoms. The predicted octanol–water partition coefficient (Wildman–Crippen LogP) is 5.20. The van der Waals surface area contributed by atoms with Gasteiger partial charge in [-0.05, 0) is 48.5 Å². The highest BCUT2D eigenvalue weighted by Crippen LogP contribution is 2.24. The molecule has 0 saturated heterocycles. The smallest absolute Gasteiger partial charge is 0.230 e. The van der Waals surface area contributed by atoms with Gasteiger partial charge in [0.1, 0.15) is 5.82 Å². The number of anilines is 1. The molecule has 1 heterocycles. The summed E-state index contributed by atoms with van der Waals surface area (Å²) in [6, 6.07) is 12.8. The molecule has 0 fully saturated rings. The number of carbonyl (C=O) groups is 2. The van der Waals surface area contributed by atoms with Crippen LogP contribution in [0.4, 0.5) is 10.1 Å². The van der Waals surface area contributed by atoms with E-state index in [1.54, 1.807) is 0 Å². The standard InChI is InChI=1S/C19H14BrFN2O2S2/c20-13-3-7-15(8-4-13)22-18(25)9-16-10-26-19(23-16)27-11-17(24)12-1-5-14(21)6-2-12/h1-8,10H,9,11H2,(H,22,25). The van der Waals surface area contributed by atoms with Crippen LogP contribution in [0.25, 0.3) is 0 Å². The van der Waals surface area contributed by atoms with E-state index in [1.165, 1.54) is 47.4 Å². The van der Waals surface area contributed by atoms with Crippen LogP contribution in [0.3, 0.4) is 0 Å². The summed E-state index contributed by atoms with van der Waals surface area (Å²) in [7, 11) is 0. The molecule has 138 valence electrons. The van der Waals surface area contributed by atoms with Gasteiger partial charge in [0.2, 0.25) is 5.91 Å². The topological polar surface area (TPSA) is 59.1 Å². The van der Waals surface area contributed by atoms with Crippen LogP contribution in [0.2, 0.25) is 0 Å². The average Bonchev–Trinajstić information content (AvgIpc) is 3.09. The third-order valence-electron chi connectivity index (χ3n) is 3.49. The molecule has 0 atom stereocenters. The number of thioether (sulfide) groups is 1. The molecule has 0 aliphatic carbocycles. The van der Waals surface area contributed by atoms with E-state index in [0.29, 0.717) is 11.3 Å². The zero-order valence-electron chi connectivity index (χ0n) is 13.9. The van der Waals surface area contributed by atoms with E-state index in [1.807, 2.05) is 29.6 Å². The van der Waals surface area contributed by atoms with Crippen molar-refractivity contribution in [3.8, 4) is 0 Å². The lowest BCUT2D eigenvalue weighted by Gasteiger charge is -2.03. The van der Waals surface area contributed by atoms with Crippen molar-refractivity contribution in [2.75, 3.05) is 11.1 Å². The number of nitrogens with one attached hydrogen (secondary N) is 1. The molecular formula is C19H14BrFN2O2S2. The van der Waals surface area contributed by atoms with Crippen LogP contribution < -0.4 is 5.32 Å². The number of thiazole rings is 1. The largest absolute Gasteiger partial charge is 0.326 e. The fraction of sp³-hybridized carbons (Fsp3) is 0.105. The SMILES string of the molecule is O=C(Cc1csc(SCC(=O)c2ccc(F)cc2)n1)Nc1ccc(Br)cc1. The Morgan fingerprint density at radius 1 is 1.11 bits per heavy atom. The van der Waals surface area contributed by atoms with Gasteiger partial charge >= 0.3 is 0 Å². The molecular weight excluding hydrogens is 451 g/mol. The quantitative estimate of drug-likeness (QED) is 0.385. The zero-order valence-corrected chi connectivity index (χ0v) is 17.2. The summed E-state index contributed by atoms with van der Waals surface area (Å²) in [6.45, 7) is 0. The lowest BCUT2D eigenvalue weighted by Crippen LogP contribution is -2.14. The second kappa shape index (κ2) is 9.25. The van der Waals surface area contributed by atoms with Gasteiger partial charge in [0.25, 0.3) is 0 Å². The van der Waals surface area contributed by atoms with Gasteiger partial charge in [-0.2, -0.15) is 0 Å². The van der Waals surface area contributed by atoms with E-state index < -0.39 is 0 Å². The van der Waals surface area contributed by atoms with Crippen LogP contribution in [-0.2, 0) is 11.2 Å². The maximum absolute atomic E-state index is 12.9. The number of ketones is 1. The fourth-order valence-corrected chi connectivity index (χ4v) is 4.19. The summed E-state index contributed by atoms with van der Waals surface area (Å²) in [6.07, 6.45) is 0.166. The number of hydrogen-bond acceptors (Lipinski definition) is 5. The number of hydrogen-bond donors (Lipinski definition) is 1. The monoisotopic (exact) mass is 464 g/mol. The summed E-state index contributed by atoms with van der Waals surface area (Å²) in [5.41, 5.74) is 1.85. The van der Waals surface area contributed by atoms with Crippen molar-refractivity contribution in [2.45, 2.75) is 10.8 Å². The molecule has 0 spiro atoms. The first kappa shape index (κ1) is 19.7. The molecule has 1 amide bonds. The first-order valence-corrected chi connectivity index (χ1v) is 10.6. The van der Waals surface area contributed by atoms with Crippen LogP contribution in [0.1, 0.15) is 16.1 Å². The second-order valence-electron chi connectivity index (χ2n) is 5.56. The summed E-state index contributed by atoms with van der Waals surface area (Å²) in [5, 5.41) is 4.63. The van der Waals surface area contributed by atoms with Gasteiger partial charge in [-0.25, -0.2) is 9.37 Å². The Bertz CT molecular complexity index is 943. The van der Waals surface area contributed by atoms with Crippen LogP contribution in [0.15, 0.2) is 62.7 Å². The Balaban J connectivity index is 1.50. The summed E-state index contributed by atoms with van der Waals surface area (Å²) >= 11 is 6.05. The Kier molecular flexibility index (Phi) is 6.76. The summed E-state index contributed by atoms with van der Waals surface area (Å²) in [5.74, 6) is -0.402. The van der Waals surface area contributed by atoms with Crippen molar-refractivity contribution in [1.29, 1.82) is 0 Å². The molecule has 0 saturated carbocycles. The van der Waals surface area contributed by atoms with Crippen molar-refractivity contribution in [3.63, 3.8) is 0 Å². The molecule has 3 rings (SSSR count). The minimum atomic E-state index is -0.370. The van der Waals surface area contributed by atoms with E-state index in [-0.39, 0.29) is 29.7 Å². The number of amides is 1. The second-order valence-corrected chi connectivity index (χ2v) is 8.55. The minimum Gasteiger partial charge on any atom is -0.326 e. The van der Waals surface area contributed by atoms with Crippen molar-refractivity contribution >= 4 is 56.4 Å². The van der Waals surface area contributed by atoms with Gasteiger partial charge in [0, 0.05) is 21.1 Å². The number of aromatic nitrogens is 1. The Morgan fingerprint density at radius 2 is 1.81 bits per heavy atom. The van der Waals surface area contributed by atoms with E-state index in [4.69, 9.17) is 0 Å². The lowest BCUT2D eigenvalue weighted by molar-refractivity contribution is -0.115. The van der Waals surface area contributed by atoms with Gasteiger partial charge in [-0.3, -0.25) is 9.59 Å². The average molecular weight is 465 g/mol. The van der Waals surface area contributed by atoms with Crippen LogP contribution in [-0.4, -0.2) is 22.4 Å². The van der Waals surface area contributed by atoms with Crippen LogP contribution >= 0.6 is 39.0 Å². The molecule has 0 aliphatic heterocycles. The van der Waals surface area contributed by atoms with E-state index >= 15 is 0 Å². The third-order valence-corrected chi connectivity index (χ3v) is 6.09. The molecule has 0 aliphatic rings. The Hall–Kier alpha value is -2.03. The van der Waals surface area contributed by atoms with Crippen LogP contribution in [0.5, 0.6) is 0 Å². The fourth-order valence-electron chi connectivity index (χ4n) is 2.19. The maximum atomic E-state index is 12.9. The molecule has 1 aromatic heterocycles. The molecule has 2 aromatic carbocycles. The summed E-state index contributed by atoms with van der Waals surface area (Å²) < 4.78 is 14.6. The molecule has 0 radical (unpaired) electrons. The first-order chi connectivity index (χ1) is 13.0. The molecule has 1 N–H and O–H groups in total. The van der Waals surface area contributed by atoms with E-state index in [2.05, 4.69) is 26.2 Å². The van der Waals surface area contributed by atoms with Gasteiger partial charge in [-0.15, -0.1) is 11.3 Å². The van der Waals surface area contributed by atoms with Gasteiger partial charge in [0.05, 0.1) is 17.9 Å². The van der Waals surface area contributed by atoms with Crippen LogP contribution in [0, 0.1) is 5.82 Å². The van der Waals surface area contributed by atoms with E-state index in [0.717, 1.165) is 14.5 Å². The number of rotatable bonds is 7. The highest BCUT2D eigenvalue weighted by Gasteiger charge is 2.11. The highest BCUT2D eigenvalue weighted by molar-refractivity contribution is 9.10. The highest BCUT2D eigenvalue weighted by atomic mass is 79.9. The van der Waals surface area contributed by atoms with E-state index in [9.17, 15) is 14.0 Å². The number of carbonyl (C=O) groups excluding carboxylic acids is 2. The minimum absolute atomic E-state index is 0.0928. The normalized spacial score (nSPS) is 10.6. The number of Topliss-reactive ketones (excluding diaryl/α,β-unsaturated/α-hetero) is 1. The maximum Gasteiger partial charge on any atom is 0.230 e. The van der Waals surface area contributed by atoms with Crippen molar-refractivity contribution in [3.05, 3.63) is 75.5 Å². The molecule has 27 heavy (non-hydrogen) atoms. The van der Waals surface area contributed by atoms with Gasteiger partial charge < -0.3 is 5.32 Å². The molecule has 8 heteroatoms. The van der Waals surface area contributed by atoms with Crippen molar-refractivity contribution in [1.82, 2.24) is 4.98 Å². The molecule has 3 aromatic rings. The summed E-state index contributed by atoms with van der Waals surface area (Å²) in [4.78, 5) is 28.6. The van der Waals surface area contributed by atoms with Gasteiger partial charge in [-0.1, -0.05) is 27.7 Å². The zero-order chi connectivity index (χ0) is 19.2. The Labute approximate surface area is 172 Å². The Morgan fingerprint density at radius 3 is 2.52 bits per heavy atom.